The topological polar surface area (TPSA) is 29.5 Å². The molecule has 0 aliphatic carbocycles. The fraction of sp³-hybridized carbons (Fsp3) is 0.643. The van der Waals surface area contributed by atoms with E-state index in [9.17, 15) is 4.79 Å². The maximum Gasteiger partial charge on any atom is 0.264 e. The number of aryl methyl sites for hydroxylation is 2. The van der Waals surface area contributed by atoms with Crippen LogP contribution in [-0.4, -0.2) is 36.1 Å². The molecule has 0 aromatic carbocycles. The molecule has 1 amide bonds. The summed E-state index contributed by atoms with van der Waals surface area (Å²) < 4.78 is 5.84. The fourth-order valence-corrected chi connectivity index (χ4v) is 4.00. The molecule has 1 aromatic rings. The van der Waals surface area contributed by atoms with Crippen LogP contribution in [0.1, 0.15) is 33.5 Å². The van der Waals surface area contributed by atoms with E-state index in [2.05, 4.69) is 20.8 Å². The Labute approximate surface area is 112 Å². The molecule has 18 heavy (non-hydrogen) atoms. The second-order valence-electron chi connectivity index (χ2n) is 5.54. The molecule has 0 spiro atoms. The van der Waals surface area contributed by atoms with Gasteiger partial charge in [0.25, 0.3) is 5.91 Å². The van der Waals surface area contributed by atoms with Crippen molar-refractivity contribution < 1.29 is 9.53 Å². The first-order valence-corrected chi connectivity index (χ1v) is 7.38. The Morgan fingerprint density at radius 1 is 1.44 bits per heavy atom. The maximum atomic E-state index is 12.4. The Morgan fingerprint density at radius 3 is 2.83 bits per heavy atom. The van der Waals surface area contributed by atoms with Gasteiger partial charge in [0.1, 0.15) is 0 Å². The van der Waals surface area contributed by atoms with E-state index in [1.54, 1.807) is 11.3 Å². The number of likely N-dealkylation sites (tertiary alicyclic amines) is 1. The molecule has 1 aromatic heterocycles. The number of rotatable bonds is 1. The minimum atomic E-state index is 0.182. The van der Waals surface area contributed by atoms with E-state index in [1.165, 1.54) is 10.4 Å². The van der Waals surface area contributed by atoms with Gasteiger partial charge in [-0.05, 0) is 38.8 Å². The summed E-state index contributed by atoms with van der Waals surface area (Å²) in [4.78, 5) is 16.5. The number of carbonyl (C=O) groups excluding carboxylic acids is 1. The summed E-state index contributed by atoms with van der Waals surface area (Å²) in [5.74, 6) is 0.730. The van der Waals surface area contributed by atoms with Gasteiger partial charge in [-0.15, -0.1) is 11.3 Å². The standard InChI is InChI=1S/C14H19NO2S/c1-8-4-13(18-10(8)3)14(16)15-6-11-5-9(2)17-12(11)7-15/h4,9,11-12H,5-7H2,1-3H3/t9-,11+,12-/m1/s1. The van der Waals surface area contributed by atoms with Gasteiger partial charge in [0.05, 0.1) is 17.1 Å². The Morgan fingerprint density at radius 2 is 2.22 bits per heavy atom. The Balaban J connectivity index is 1.72. The monoisotopic (exact) mass is 265 g/mol. The second-order valence-corrected chi connectivity index (χ2v) is 6.80. The van der Waals surface area contributed by atoms with Crippen LogP contribution in [0.25, 0.3) is 0 Å². The van der Waals surface area contributed by atoms with Crippen molar-refractivity contribution in [2.75, 3.05) is 13.1 Å². The van der Waals surface area contributed by atoms with Crippen LogP contribution in [-0.2, 0) is 4.74 Å². The lowest BCUT2D eigenvalue weighted by molar-refractivity contribution is 0.0444. The van der Waals surface area contributed by atoms with Gasteiger partial charge in [0.2, 0.25) is 0 Å². The van der Waals surface area contributed by atoms with Crippen molar-refractivity contribution in [1.82, 2.24) is 4.90 Å². The number of hydrogen-bond acceptors (Lipinski definition) is 3. The molecule has 4 heteroatoms. The zero-order chi connectivity index (χ0) is 12.9. The van der Waals surface area contributed by atoms with Crippen LogP contribution in [0.4, 0.5) is 0 Å². The van der Waals surface area contributed by atoms with Crippen molar-refractivity contribution in [3.8, 4) is 0 Å². The molecule has 3 rings (SSSR count). The van der Waals surface area contributed by atoms with Crippen molar-refractivity contribution in [3.63, 3.8) is 0 Å². The predicted molar refractivity (Wildman–Crippen MR) is 72.1 cm³/mol. The molecule has 0 saturated carbocycles. The van der Waals surface area contributed by atoms with E-state index in [4.69, 9.17) is 4.74 Å². The highest BCUT2D eigenvalue weighted by Crippen LogP contribution is 2.34. The van der Waals surface area contributed by atoms with Crippen LogP contribution >= 0.6 is 11.3 Å². The first-order valence-electron chi connectivity index (χ1n) is 6.56. The number of hydrogen-bond donors (Lipinski definition) is 0. The Hall–Kier alpha value is -0.870. The van der Waals surface area contributed by atoms with Crippen LogP contribution in [0.2, 0.25) is 0 Å². The third kappa shape index (κ3) is 1.97. The molecule has 0 N–H and O–H groups in total. The van der Waals surface area contributed by atoms with E-state index >= 15 is 0 Å². The van der Waals surface area contributed by atoms with Crippen LogP contribution in [0, 0.1) is 19.8 Å². The molecule has 3 atom stereocenters. The predicted octanol–water partition coefficient (Wildman–Crippen LogP) is 2.61. The minimum Gasteiger partial charge on any atom is -0.373 e. The van der Waals surface area contributed by atoms with Gasteiger partial charge in [-0.2, -0.15) is 0 Å². The molecule has 3 heterocycles. The normalized spacial score (nSPS) is 30.8. The average Bonchev–Trinajstić information content (AvgIpc) is 2.92. The summed E-state index contributed by atoms with van der Waals surface area (Å²) in [7, 11) is 0. The quantitative estimate of drug-likeness (QED) is 0.781. The van der Waals surface area contributed by atoms with E-state index in [0.717, 1.165) is 24.4 Å². The highest BCUT2D eigenvalue weighted by atomic mass is 32.1. The Kier molecular flexibility index (Phi) is 2.94. The highest BCUT2D eigenvalue weighted by molar-refractivity contribution is 7.14. The Bertz CT molecular complexity index is 449. The molecule has 98 valence electrons. The third-order valence-electron chi connectivity index (χ3n) is 4.09. The summed E-state index contributed by atoms with van der Waals surface area (Å²) in [6.07, 6.45) is 1.73. The number of ether oxygens (including phenoxy) is 1. The van der Waals surface area contributed by atoms with Crippen LogP contribution in [0.5, 0.6) is 0 Å². The van der Waals surface area contributed by atoms with Crippen molar-refractivity contribution in [3.05, 3.63) is 21.4 Å². The lowest BCUT2D eigenvalue weighted by Gasteiger charge is -2.17. The van der Waals surface area contributed by atoms with Crippen molar-refractivity contribution in [1.29, 1.82) is 0 Å². The molecule has 2 saturated heterocycles. The molecule has 2 aliphatic rings. The molecule has 3 nitrogen and oxygen atoms in total. The van der Waals surface area contributed by atoms with Crippen molar-refractivity contribution in [2.24, 2.45) is 5.92 Å². The van der Waals surface area contributed by atoms with Gasteiger partial charge in [-0.3, -0.25) is 4.79 Å². The van der Waals surface area contributed by atoms with Crippen LogP contribution < -0.4 is 0 Å². The maximum absolute atomic E-state index is 12.4. The van der Waals surface area contributed by atoms with Crippen LogP contribution in [0.15, 0.2) is 6.07 Å². The first-order chi connectivity index (χ1) is 8.54. The van der Waals surface area contributed by atoms with E-state index in [0.29, 0.717) is 12.0 Å². The van der Waals surface area contributed by atoms with Gasteiger partial charge in [0.15, 0.2) is 0 Å². The summed E-state index contributed by atoms with van der Waals surface area (Å²) in [6, 6.07) is 2.01. The molecule has 0 radical (unpaired) electrons. The smallest absolute Gasteiger partial charge is 0.264 e. The number of nitrogens with zero attached hydrogens (tertiary/aromatic N) is 1. The molecule has 0 unspecified atom stereocenters. The SMILES string of the molecule is Cc1cc(C(=O)N2C[C@@H]3C[C@@H](C)O[C@@H]3C2)sc1C. The summed E-state index contributed by atoms with van der Waals surface area (Å²) in [6.45, 7) is 7.89. The van der Waals surface area contributed by atoms with Gasteiger partial charge < -0.3 is 9.64 Å². The zero-order valence-corrected chi connectivity index (χ0v) is 11.9. The average molecular weight is 265 g/mol. The van der Waals surface area contributed by atoms with Crippen molar-refractivity contribution >= 4 is 17.2 Å². The molecule has 2 fully saturated rings. The van der Waals surface area contributed by atoms with Gasteiger partial charge in [-0.1, -0.05) is 0 Å². The number of fused-ring (bicyclic) bond motifs is 1. The van der Waals surface area contributed by atoms with Crippen molar-refractivity contribution in [2.45, 2.75) is 39.4 Å². The summed E-state index contributed by atoms with van der Waals surface area (Å²) in [5.41, 5.74) is 1.22. The number of carbonyl (C=O) groups is 1. The molecular weight excluding hydrogens is 246 g/mol. The third-order valence-corrected chi connectivity index (χ3v) is 5.23. The highest BCUT2D eigenvalue weighted by Gasteiger charge is 2.42. The summed E-state index contributed by atoms with van der Waals surface area (Å²) >= 11 is 1.61. The van der Waals surface area contributed by atoms with Gasteiger partial charge in [0, 0.05) is 23.9 Å². The van der Waals surface area contributed by atoms with E-state index < -0.39 is 0 Å². The lowest BCUT2D eigenvalue weighted by atomic mass is 10.0. The van der Waals surface area contributed by atoms with E-state index in [-0.39, 0.29) is 12.0 Å². The number of amides is 1. The molecular formula is C14H19NO2S. The van der Waals surface area contributed by atoms with Gasteiger partial charge in [-0.25, -0.2) is 0 Å². The molecule has 0 bridgehead atoms. The van der Waals surface area contributed by atoms with Gasteiger partial charge >= 0.3 is 0 Å². The minimum absolute atomic E-state index is 0.182. The summed E-state index contributed by atoms with van der Waals surface area (Å²) in [5, 5.41) is 0. The molecule has 2 aliphatic heterocycles. The van der Waals surface area contributed by atoms with Crippen LogP contribution in [0.3, 0.4) is 0 Å². The first kappa shape index (κ1) is 12.2. The van der Waals surface area contributed by atoms with E-state index in [1.807, 2.05) is 11.0 Å². The zero-order valence-electron chi connectivity index (χ0n) is 11.1. The second kappa shape index (κ2) is 4.35. The fourth-order valence-electron chi connectivity index (χ4n) is 3.00. The number of thiophene rings is 1. The largest absolute Gasteiger partial charge is 0.373 e. The lowest BCUT2D eigenvalue weighted by Crippen LogP contribution is -2.30.